The predicted molar refractivity (Wildman–Crippen MR) is 103 cm³/mol. The van der Waals surface area contributed by atoms with Crippen molar-refractivity contribution in [2.45, 2.75) is 37.9 Å². The largest absolute Gasteiger partial charge is 0.449 e. The fourth-order valence-corrected chi connectivity index (χ4v) is 4.50. The topological polar surface area (TPSA) is 75.9 Å². The second-order valence-electron chi connectivity index (χ2n) is 7.12. The van der Waals surface area contributed by atoms with Crippen molar-refractivity contribution in [2.75, 3.05) is 33.2 Å². The van der Waals surface area contributed by atoms with Crippen LogP contribution in [0.3, 0.4) is 0 Å². The van der Waals surface area contributed by atoms with E-state index >= 15 is 0 Å². The van der Waals surface area contributed by atoms with Crippen molar-refractivity contribution in [3.05, 3.63) is 36.4 Å². The van der Waals surface area contributed by atoms with Crippen LogP contribution < -0.4 is 0 Å². The lowest BCUT2D eigenvalue weighted by molar-refractivity contribution is -0.0681. The molecular weight excluding hydrogens is 366 g/mol. The number of hydrogen-bond acceptors (Lipinski definition) is 6. The highest BCUT2D eigenvalue weighted by atomic mass is 32.2. The summed E-state index contributed by atoms with van der Waals surface area (Å²) in [7, 11) is -1.91. The summed E-state index contributed by atoms with van der Waals surface area (Å²) in [6, 6.07) is 6.74. The lowest BCUT2D eigenvalue weighted by atomic mass is 10.2. The molecule has 0 bridgehead atoms. The number of morpholine rings is 1. The molecule has 8 heteroatoms. The predicted octanol–water partition coefficient (Wildman–Crippen LogP) is 2.38. The number of likely N-dealkylation sites (N-methyl/N-ethyl adjacent to an activating group) is 1. The maximum Gasteiger partial charge on any atom is 0.242 e. The molecule has 27 heavy (non-hydrogen) atoms. The summed E-state index contributed by atoms with van der Waals surface area (Å²) in [6.07, 6.45) is 1.90. The maximum atomic E-state index is 12.8. The van der Waals surface area contributed by atoms with Gasteiger partial charge in [-0.3, -0.25) is 4.90 Å². The Labute approximate surface area is 161 Å². The van der Waals surface area contributed by atoms with Crippen molar-refractivity contribution >= 4 is 10.0 Å². The molecule has 1 saturated heterocycles. The summed E-state index contributed by atoms with van der Waals surface area (Å²) in [5.74, 6) is 0.577. The summed E-state index contributed by atoms with van der Waals surface area (Å²) in [6.45, 7) is 8.62. The van der Waals surface area contributed by atoms with Crippen LogP contribution in [-0.2, 0) is 14.8 Å². The lowest BCUT2D eigenvalue weighted by Crippen LogP contribution is -2.48. The molecule has 148 valence electrons. The summed E-state index contributed by atoms with van der Waals surface area (Å²) in [4.78, 5) is 6.79. The molecule has 0 spiro atoms. The number of oxazole rings is 1. The zero-order chi connectivity index (χ0) is 19.6. The molecule has 2 aromatic rings. The average Bonchev–Trinajstić information content (AvgIpc) is 3.05. The summed E-state index contributed by atoms with van der Waals surface area (Å²) in [5, 5.41) is 0. The third-order valence-corrected chi connectivity index (χ3v) is 6.57. The van der Waals surface area contributed by atoms with Gasteiger partial charge in [0, 0.05) is 45.7 Å². The van der Waals surface area contributed by atoms with Crippen LogP contribution in [-0.4, -0.2) is 68.0 Å². The smallest absolute Gasteiger partial charge is 0.242 e. The first-order valence-corrected chi connectivity index (χ1v) is 10.6. The Morgan fingerprint density at radius 2 is 1.81 bits per heavy atom. The molecule has 0 N–H and O–H groups in total. The quantitative estimate of drug-likeness (QED) is 0.750. The molecule has 3 rings (SSSR count). The average molecular weight is 394 g/mol. The summed E-state index contributed by atoms with van der Waals surface area (Å²) >= 11 is 0. The van der Waals surface area contributed by atoms with Crippen molar-refractivity contribution in [3.63, 3.8) is 0 Å². The number of aromatic nitrogens is 1. The fraction of sp³-hybridized carbons (Fsp3) is 0.526. The van der Waals surface area contributed by atoms with Crippen LogP contribution in [0.2, 0.25) is 0 Å². The Kier molecular flexibility index (Phi) is 6.00. The van der Waals surface area contributed by atoms with E-state index in [0.717, 1.165) is 18.7 Å². The molecule has 1 aliphatic rings. The van der Waals surface area contributed by atoms with Gasteiger partial charge in [-0.15, -0.1) is 0 Å². The summed E-state index contributed by atoms with van der Waals surface area (Å²) < 4.78 is 38.0. The Balaban J connectivity index is 1.64. The third kappa shape index (κ3) is 4.76. The molecule has 1 fully saturated rings. The lowest BCUT2D eigenvalue weighted by Gasteiger charge is -2.35. The van der Waals surface area contributed by atoms with Crippen molar-refractivity contribution in [3.8, 4) is 11.3 Å². The first-order valence-electron chi connectivity index (χ1n) is 9.12. The molecule has 1 aromatic carbocycles. The van der Waals surface area contributed by atoms with E-state index in [9.17, 15) is 8.42 Å². The minimum atomic E-state index is -3.53. The number of benzene rings is 1. The molecule has 0 radical (unpaired) electrons. The first kappa shape index (κ1) is 20.0. The van der Waals surface area contributed by atoms with Gasteiger partial charge in [0.1, 0.15) is 12.0 Å². The van der Waals surface area contributed by atoms with Crippen LogP contribution in [0.4, 0.5) is 0 Å². The van der Waals surface area contributed by atoms with Crippen LogP contribution in [0.5, 0.6) is 0 Å². The number of sulfonamides is 1. The van der Waals surface area contributed by atoms with E-state index in [0.29, 0.717) is 24.7 Å². The van der Waals surface area contributed by atoms with Crippen molar-refractivity contribution < 1.29 is 17.6 Å². The Morgan fingerprint density at radius 3 is 2.37 bits per heavy atom. The second kappa shape index (κ2) is 8.10. The first-order chi connectivity index (χ1) is 12.8. The van der Waals surface area contributed by atoms with Gasteiger partial charge >= 0.3 is 0 Å². The van der Waals surface area contributed by atoms with Gasteiger partial charge in [-0.05, 0) is 26.0 Å². The highest BCUT2D eigenvalue weighted by Crippen LogP contribution is 2.22. The van der Waals surface area contributed by atoms with Crippen LogP contribution in [0.15, 0.2) is 39.8 Å². The van der Waals surface area contributed by atoms with E-state index in [1.165, 1.54) is 4.31 Å². The van der Waals surface area contributed by atoms with Crippen LogP contribution >= 0.6 is 0 Å². The van der Waals surface area contributed by atoms with E-state index < -0.39 is 10.0 Å². The highest BCUT2D eigenvalue weighted by Gasteiger charge is 2.25. The van der Waals surface area contributed by atoms with E-state index in [1.54, 1.807) is 44.5 Å². The molecule has 7 nitrogen and oxygen atoms in total. The van der Waals surface area contributed by atoms with Gasteiger partial charge in [0.2, 0.25) is 10.0 Å². The van der Waals surface area contributed by atoms with E-state index in [4.69, 9.17) is 9.15 Å². The van der Waals surface area contributed by atoms with Crippen LogP contribution in [0.1, 0.15) is 19.7 Å². The molecule has 1 aromatic heterocycles. The Hall–Kier alpha value is -1.74. The van der Waals surface area contributed by atoms with Gasteiger partial charge in [-0.2, -0.15) is 4.31 Å². The fourth-order valence-electron chi connectivity index (χ4n) is 3.34. The van der Waals surface area contributed by atoms with Crippen LogP contribution in [0.25, 0.3) is 11.3 Å². The zero-order valence-corrected chi connectivity index (χ0v) is 17.1. The van der Waals surface area contributed by atoms with E-state index in [1.807, 2.05) is 13.8 Å². The maximum absolute atomic E-state index is 12.8. The molecule has 0 aliphatic carbocycles. The number of rotatable bonds is 6. The molecule has 2 atom stereocenters. The Bertz CT molecular complexity index is 853. The number of aryl methyl sites for hydroxylation is 1. The van der Waals surface area contributed by atoms with Gasteiger partial charge < -0.3 is 9.15 Å². The molecule has 0 saturated carbocycles. The van der Waals surface area contributed by atoms with Gasteiger partial charge in [-0.25, -0.2) is 13.4 Å². The minimum Gasteiger partial charge on any atom is -0.449 e. The molecular formula is C19H27N3O4S. The van der Waals surface area contributed by atoms with Crippen LogP contribution in [0, 0.1) is 6.92 Å². The standard InChI is InChI=1S/C19H27N3O4S/c1-14-11-22(12-15(2)26-14)10-9-21(4)27(23,24)18-7-5-17(6-8-18)19-13-25-16(3)20-19/h5-8,13-15H,9-12H2,1-4H3/t14-,15+. The van der Waals surface area contributed by atoms with Gasteiger partial charge in [0.05, 0.1) is 17.1 Å². The number of nitrogens with zero attached hydrogens (tertiary/aromatic N) is 3. The monoisotopic (exact) mass is 393 g/mol. The normalized spacial score (nSPS) is 21.7. The SMILES string of the molecule is Cc1nc(-c2ccc(S(=O)(=O)N(C)CCN3C[C@@H](C)O[C@@H](C)C3)cc2)co1. The third-order valence-electron chi connectivity index (χ3n) is 4.70. The van der Waals surface area contributed by atoms with Gasteiger partial charge in [0.15, 0.2) is 5.89 Å². The van der Waals surface area contributed by atoms with Gasteiger partial charge in [-0.1, -0.05) is 12.1 Å². The molecule has 0 amide bonds. The molecule has 2 heterocycles. The Morgan fingerprint density at radius 1 is 1.19 bits per heavy atom. The number of hydrogen-bond donors (Lipinski definition) is 0. The van der Waals surface area contributed by atoms with Gasteiger partial charge in [0.25, 0.3) is 0 Å². The highest BCUT2D eigenvalue weighted by molar-refractivity contribution is 7.89. The molecule has 1 aliphatic heterocycles. The van der Waals surface area contributed by atoms with Crippen molar-refractivity contribution in [1.82, 2.24) is 14.2 Å². The second-order valence-corrected chi connectivity index (χ2v) is 9.16. The van der Waals surface area contributed by atoms with E-state index in [2.05, 4.69) is 9.88 Å². The minimum absolute atomic E-state index is 0.170. The number of ether oxygens (including phenoxy) is 1. The van der Waals surface area contributed by atoms with E-state index in [-0.39, 0.29) is 17.1 Å². The zero-order valence-electron chi connectivity index (χ0n) is 16.3. The van der Waals surface area contributed by atoms with Crippen molar-refractivity contribution in [1.29, 1.82) is 0 Å². The summed E-state index contributed by atoms with van der Waals surface area (Å²) in [5.41, 5.74) is 1.52. The molecule has 0 unspecified atom stereocenters. The van der Waals surface area contributed by atoms with Crippen molar-refractivity contribution in [2.24, 2.45) is 0 Å².